The number of carbonyl (C=O) groups is 2. The fourth-order valence-corrected chi connectivity index (χ4v) is 7.33. The van der Waals surface area contributed by atoms with Gasteiger partial charge in [-0.1, -0.05) is 41.4 Å². The summed E-state index contributed by atoms with van der Waals surface area (Å²) in [5.74, 6) is -1.81. The standard InChI is InChI=1S/C33H33Cl2FN4O5/c1-37-7-8-39(18-33(37)5-6-33)21-13-25(34)29(26(35)14-21)31(41)40-17-20-3-2-4-22(30(20)45-19-40)23-16-28(38-9-11-44-12-10-38)24(32(42)43)15-27(23)36/h2-4,13-16H,5-12,17-19H2,1H3,(H,42,43). The third-order valence-corrected chi connectivity index (χ3v) is 10.1. The number of halogens is 3. The average molecular weight is 656 g/mol. The van der Waals surface area contributed by atoms with E-state index in [-0.39, 0.29) is 51.5 Å². The van der Waals surface area contributed by atoms with Crippen molar-refractivity contribution < 1.29 is 28.6 Å². The maximum Gasteiger partial charge on any atom is 0.337 e. The van der Waals surface area contributed by atoms with Crippen LogP contribution in [-0.4, -0.2) is 92.0 Å². The highest BCUT2D eigenvalue weighted by Crippen LogP contribution is 2.45. The number of carboxylic acid groups (broad SMARTS) is 1. The maximum atomic E-state index is 15.5. The van der Waals surface area contributed by atoms with Crippen molar-refractivity contribution in [3.05, 3.63) is 75.0 Å². The van der Waals surface area contributed by atoms with Crippen LogP contribution in [0.4, 0.5) is 15.8 Å². The Morgan fingerprint density at radius 1 is 0.956 bits per heavy atom. The first kappa shape index (κ1) is 30.1. The minimum absolute atomic E-state index is 0.0939. The Morgan fingerprint density at radius 3 is 2.38 bits per heavy atom. The van der Waals surface area contributed by atoms with E-state index in [1.807, 2.05) is 23.1 Å². The predicted molar refractivity (Wildman–Crippen MR) is 170 cm³/mol. The van der Waals surface area contributed by atoms with Crippen LogP contribution in [0.1, 0.15) is 39.1 Å². The lowest BCUT2D eigenvalue weighted by molar-refractivity contribution is 0.0516. The summed E-state index contributed by atoms with van der Waals surface area (Å²) in [6, 6.07) is 11.6. The topological polar surface area (TPSA) is 85.8 Å². The first-order valence-corrected chi connectivity index (χ1v) is 15.8. The number of ether oxygens (including phenoxy) is 2. The molecule has 0 aromatic heterocycles. The zero-order chi connectivity index (χ0) is 31.5. The number of aromatic carboxylic acids is 1. The average Bonchev–Trinajstić information content (AvgIpc) is 3.81. The molecule has 236 valence electrons. The molecule has 1 spiro atoms. The smallest absolute Gasteiger partial charge is 0.337 e. The molecule has 3 aromatic carbocycles. The Kier molecular flexibility index (Phi) is 7.80. The van der Waals surface area contributed by atoms with Crippen LogP contribution in [-0.2, 0) is 11.3 Å². The van der Waals surface area contributed by atoms with Gasteiger partial charge in [0.05, 0.1) is 46.6 Å². The number of rotatable bonds is 5. The van der Waals surface area contributed by atoms with Gasteiger partial charge in [0.25, 0.3) is 5.91 Å². The van der Waals surface area contributed by atoms with E-state index in [1.54, 1.807) is 18.2 Å². The summed E-state index contributed by atoms with van der Waals surface area (Å²) >= 11 is 13.4. The molecule has 45 heavy (non-hydrogen) atoms. The number of nitrogens with zero attached hydrogens (tertiary/aromatic N) is 4. The molecule has 0 bridgehead atoms. The maximum absolute atomic E-state index is 15.5. The van der Waals surface area contributed by atoms with E-state index in [1.165, 1.54) is 17.7 Å². The van der Waals surface area contributed by atoms with Crippen LogP contribution < -0.4 is 14.5 Å². The summed E-state index contributed by atoms with van der Waals surface area (Å²) in [5.41, 5.74) is 3.02. The summed E-state index contributed by atoms with van der Waals surface area (Å²) in [6.07, 6.45) is 2.34. The molecule has 3 aliphatic heterocycles. The van der Waals surface area contributed by atoms with Crippen molar-refractivity contribution in [3.8, 4) is 16.9 Å². The van der Waals surface area contributed by atoms with Gasteiger partial charge in [-0.15, -0.1) is 0 Å². The molecule has 9 nitrogen and oxygen atoms in total. The largest absolute Gasteiger partial charge is 0.478 e. The first-order chi connectivity index (χ1) is 21.6. The molecular weight excluding hydrogens is 622 g/mol. The van der Waals surface area contributed by atoms with Crippen LogP contribution in [0.25, 0.3) is 11.1 Å². The third kappa shape index (κ3) is 5.48. The number of piperazine rings is 1. The molecule has 1 saturated carbocycles. The van der Waals surface area contributed by atoms with E-state index in [0.717, 1.165) is 31.4 Å². The second-order valence-corrected chi connectivity index (χ2v) is 13.0. The van der Waals surface area contributed by atoms with Gasteiger partial charge in [0.2, 0.25) is 0 Å². The normalized spacial score (nSPS) is 19.3. The number of morpholine rings is 1. The number of amides is 1. The Balaban J connectivity index is 1.15. The van der Waals surface area contributed by atoms with Crippen molar-refractivity contribution in [2.45, 2.75) is 24.9 Å². The van der Waals surface area contributed by atoms with Crippen molar-refractivity contribution in [2.75, 3.05) is 69.5 Å². The van der Waals surface area contributed by atoms with Gasteiger partial charge in [-0.05, 0) is 44.2 Å². The van der Waals surface area contributed by atoms with E-state index in [0.29, 0.717) is 48.9 Å². The SMILES string of the molecule is CN1CCN(c2cc(Cl)c(C(=O)N3COc4c(cccc4-c4cc(N5CCOCC5)c(C(=O)O)cc4F)C3)c(Cl)c2)CC12CC2. The molecule has 3 fully saturated rings. The molecule has 0 radical (unpaired) electrons. The molecule has 1 N–H and O–H groups in total. The molecule has 3 aromatic rings. The van der Waals surface area contributed by atoms with E-state index in [2.05, 4.69) is 16.8 Å². The second kappa shape index (κ2) is 11.7. The zero-order valence-electron chi connectivity index (χ0n) is 24.8. The van der Waals surface area contributed by atoms with Gasteiger partial charge in [0, 0.05) is 60.6 Å². The van der Waals surface area contributed by atoms with Crippen molar-refractivity contribution >= 4 is 46.5 Å². The molecule has 0 unspecified atom stereocenters. The monoisotopic (exact) mass is 654 g/mol. The number of benzene rings is 3. The highest BCUT2D eigenvalue weighted by atomic mass is 35.5. The van der Waals surface area contributed by atoms with Gasteiger partial charge >= 0.3 is 5.97 Å². The Bertz CT molecular complexity index is 1670. The molecule has 3 heterocycles. The van der Waals surface area contributed by atoms with Crippen LogP contribution in [0.2, 0.25) is 10.0 Å². The number of carbonyl (C=O) groups excluding carboxylic acids is 1. The first-order valence-electron chi connectivity index (χ1n) is 15.0. The fraction of sp³-hybridized carbons (Fsp3) is 0.394. The predicted octanol–water partition coefficient (Wildman–Crippen LogP) is 5.61. The second-order valence-electron chi connectivity index (χ2n) is 12.2. The van der Waals surface area contributed by atoms with Gasteiger partial charge in [-0.3, -0.25) is 9.69 Å². The summed E-state index contributed by atoms with van der Waals surface area (Å²) in [6.45, 7) is 4.69. The fourth-order valence-electron chi connectivity index (χ4n) is 6.69. The highest BCUT2D eigenvalue weighted by Gasteiger charge is 2.49. The summed E-state index contributed by atoms with van der Waals surface area (Å²) in [4.78, 5) is 33.8. The lowest BCUT2D eigenvalue weighted by atomic mass is 9.97. The molecule has 12 heteroatoms. The lowest BCUT2D eigenvalue weighted by Gasteiger charge is -2.41. The Hall–Kier alpha value is -3.57. The Labute approximate surface area is 270 Å². The van der Waals surface area contributed by atoms with Crippen LogP contribution in [0.15, 0.2) is 42.5 Å². The van der Waals surface area contributed by atoms with Gasteiger partial charge < -0.3 is 29.3 Å². The van der Waals surface area contributed by atoms with Crippen molar-refractivity contribution in [1.82, 2.24) is 9.80 Å². The number of anilines is 2. The Morgan fingerprint density at radius 2 is 1.69 bits per heavy atom. The highest BCUT2D eigenvalue weighted by molar-refractivity contribution is 6.40. The number of para-hydroxylation sites is 1. The van der Waals surface area contributed by atoms with Crippen LogP contribution in [0.5, 0.6) is 5.75 Å². The number of fused-ring (bicyclic) bond motifs is 1. The molecule has 0 atom stereocenters. The summed E-state index contributed by atoms with van der Waals surface area (Å²) in [7, 11) is 2.17. The number of likely N-dealkylation sites (N-methyl/N-ethyl adjacent to an activating group) is 1. The van der Waals surface area contributed by atoms with Crippen LogP contribution in [0.3, 0.4) is 0 Å². The summed E-state index contributed by atoms with van der Waals surface area (Å²) < 4.78 is 27.0. The number of hydrogen-bond donors (Lipinski definition) is 1. The molecule has 2 saturated heterocycles. The van der Waals surface area contributed by atoms with Gasteiger partial charge in [0.1, 0.15) is 11.6 Å². The number of carboxylic acids is 1. The molecule has 1 aliphatic carbocycles. The van der Waals surface area contributed by atoms with E-state index >= 15 is 4.39 Å². The van der Waals surface area contributed by atoms with Crippen molar-refractivity contribution in [3.63, 3.8) is 0 Å². The minimum Gasteiger partial charge on any atom is -0.478 e. The van der Waals surface area contributed by atoms with Gasteiger partial charge in [-0.2, -0.15) is 0 Å². The molecule has 4 aliphatic rings. The van der Waals surface area contributed by atoms with E-state index < -0.39 is 11.8 Å². The van der Waals surface area contributed by atoms with Crippen molar-refractivity contribution in [2.24, 2.45) is 0 Å². The lowest BCUT2D eigenvalue weighted by Crippen LogP contribution is -2.53. The molecular formula is C33H33Cl2FN4O5. The minimum atomic E-state index is -1.21. The van der Waals surface area contributed by atoms with Gasteiger partial charge in [0.15, 0.2) is 6.73 Å². The van der Waals surface area contributed by atoms with Crippen LogP contribution >= 0.6 is 23.2 Å². The van der Waals surface area contributed by atoms with Crippen molar-refractivity contribution in [1.29, 1.82) is 0 Å². The molecule has 7 rings (SSSR count). The van der Waals surface area contributed by atoms with Gasteiger partial charge in [-0.25, -0.2) is 9.18 Å². The van der Waals surface area contributed by atoms with E-state index in [4.69, 9.17) is 32.7 Å². The van der Waals surface area contributed by atoms with E-state index in [9.17, 15) is 14.7 Å². The van der Waals surface area contributed by atoms with Crippen LogP contribution in [0, 0.1) is 5.82 Å². The zero-order valence-corrected chi connectivity index (χ0v) is 26.3. The third-order valence-electron chi connectivity index (χ3n) is 9.50. The quantitative estimate of drug-likeness (QED) is 0.380. The summed E-state index contributed by atoms with van der Waals surface area (Å²) in [5, 5.41) is 10.4. The molecule has 1 amide bonds. The number of hydrogen-bond acceptors (Lipinski definition) is 7.